The third kappa shape index (κ3) is 1.59. The van der Waals surface area contributed by atoms with Crippen LogP contribution >= 0.6 is 0 Å². The second-order valence-corrected chi connectivity index (χ2v) is 3.60. The quantitative estimate of drug-likeness (QED) is 0.404. The molecule has 84 valence electrons. The van der Waals surface area contributed by atoms with Crippen molar-refractivity contribution in [2.24, 2.45) is 0 Å². The average molecular weight is 221 g/mol. The van der Waals surface area contributed by atoms with Crippen LogP contribution in [0, 0.1) is 10.1 Å². The van der Waals surface area contributed by atoms with Crippen molar-refractivity contribution in [3.63, 3.8) is 0 Å². The highest BCUT2D eigenvalue weighted by Crippen LogP contribution is 2.34. The van der Waals surface area contributed by atoms with Crippen molar-refractivity contribution in [2.45, 2.75) is 13.0 Å². The Morgan fingerprint density at radius 3 is 3.00 bits per heavy atom. The molecule has 3 N–H and O–H groups in total. The Labute approximate surface area is 91.7 Å². The first kappa shape index (κ1) is 10.4. The number of benzene rings is 1. The summed E-state index contributed by atoms with van der Waals surface area (Å²) in [6, 6.07) is 4.35. The standard InChI is InChI=1S/C10H11N3O3/c1-6(5-14)10-8-4-7(13(15)16)2-3-9(8)11-12-10/h2-5,10-12,14H,1H3/b6-5-. The van der Waals surface area contributed by atoms with E-state index < -0.39 is 4.92 Å². The van der Waals surface area contributed by atoms with Gasteiger partial charge < -0.3 is 10.5 Å². The van der Waals surface area contributed by atoms with Crippen LogP contribution in [0.4, 0.5) is 11.4 Å². The van der Waals surface area contributed by atoms with Crippen LogP contribution in [0.25, 0.3) is 0 Å². The van der Waals surface area contributed by atoms with Crippen molar-refractivity contribution in [2.75, 3.05) is 5.43 Å². The largest absolute Gasteiger partial charge is 0.516 e. The van der Waals surface area contributed by atoms with Gasteiger partial charge in [-0.2, -0.15) is 0 Å². The minimum absolute atomic E-state index is 0.0417. The number of hydrazine groups is 1. The highest BCUT2D eigenvalue weighted by molar-refractivity contribution is 5.61. The van der Waals surface area contributed by atoms with Crippen molar-refractivity contribution in [1.82, 2.24) is 5.43 Å². The molecule has 1 aliphatic rings. The van der Waals surface area contributed by atoms with Crippen LogP contribution in [0.1, 0.15) is 18.5 Å². The first-order valence-corrected chi connectivity index (χ1v) is 4.74. The Hall–Kier alpha value is -2.08. The van der Waals surface area contributed by atoms with Crippen LogP contribution < -0.4 is 10.9 Å². The zero-order valence-corrected chi connectivity index (χ0v) is 8.60. The molecule has 2 rings (SSSR count). The fourth-order valence-corrected chi connectivity index (χ4v) is 1.68. The summed E-state index contributed by atoms with van der Waals surface area (Å²) >= 11 is 0. The number of nitro benzene ring substituents is 1. The van der Waals surface area contributed by atoms with Gasteiger partial charge in [-0.1, -0.05) is 0 Å². The molecule has 0 aliphatic carbocycles. The Morgan fingerprint density at radius 1 is 1.62 bits per heavy atom. The van der Waals surface area contributed by atoms with Gasteiger partial charge in [0.1, 0.15) is 0 Å². The zero-order chi connectivity index (χ0) is 11.7. The minimum atomic E-state index is -0.437. The van der Waals surface area contributed by atoms with E-state index in [0.29, 0.717) is 5.57 Å². The maximum absolute atomic E-state index is 10.6. The van der Waals surface area contributed by atoms with E-state index in [1.54, 1.807) is 13.0 Å². The molecule has 6 heteroatoms. The van der Waals surface area contributed by atoms with Gasteiger partial charge in [-0.15, -0.1) is 0 Å². The molecule has 1 aromatic carbocycles. The summed E-state index contributed by atoms with van der Waals surface area (Å²) in [5.41, 5.74) is 8.12. The Kier molecular flexibility index (Phi) is 2.49. The Morgan fingerprint density at radius 2 is 2.38 bits per heavy atom. The summed E-state index contributed by atoms with van der Waals surface area (Å²) in [5, 5.41) is 19.6. The second kappa shape index (κ2) is 3.82. The molecule has 0 bridgehead atoms. The van der Waals surface area contributed by atoms with Crippen LogP contribution in [0.15, 0.2) is 30.0 Å². The van der Waals surface area contributed by atoms with E-state index in [2.05, 4.69) is 10.9 Å². The highest BCUT2D eigenvalue weighted by Gasteiger charge is 2.25. The number of rotatable bonds is 2. The van der Waals surface area contributed by atoms with E-state index in [-0.39, 0.29) is 11.7 Å². The van der Waals surface area contributed by atoms with Gasteiger partial charge >= 0.3 is 0 Å². The van der Waals surface area contributed by atoms with E-state index in [9.17, 15) is 10.1 Å². The third-order valence-corrected chi connectivity index (χ3v) is 2.57. The summed E-state index contributed by atoms with van der Waals surface area (Å²) in [7, 11) is 0. The van der Waals surface area contributed by atoms with Crippen LogP contribution in [-0.4, -0.2) is 10.0 Å². The SMILES string of the molecule is C/C(=C/O)C1NNc2ccc([N+](=O)[O-])cc21. The van der Waals surface area contributed by atoms with E-state index in [4.69, 9.17) is 5.11 Å². The summed E-state index contributed by atoms with van der Waals surface area (Å²) in [5.74, 6) is 0. The lowest BCUT2D eigenvalue weighted by Crippen LogP contribution is -2.19. The molecule has 0 radical (unpaired) electrons. The Balaban J connectivity index is 2.44. The summed E-state index contributed by atoms with van der Waals surface area (Å²) in [6.45, 7) is 1.74. The molecule has 1 aliphatic heterocycles. The normalized spacial score (nSPS) is 19.1. The fourth-order valence-electron chi connectivity index (χ4n) is 1.68. The average Bonchev–Trinajstić information content (AvgIpc) is 2.70. The first-order chi connectivity index (χ1) is 7.63. The lowest BCUT2D eigenvalue weighted by atomic mass is 10.0. The zero-order valence-electron chi connectivity index (χ0n) is 8.60. The van der Waals surface area contributed by atoms with E-state index in [0.717, 1.165) is 17.5 Å². The van der Waals surface area contributed by atoms with Gasteiger partial charge in [0, 0.05) is 17.7 Å². The topological polar surface area (TPSA) is 87.4 Å². The van der Waals surface area contributed by atoms with Gasteiger partial charge in [0.15, 0.2) is 0 Å². The monoisotopic (exact) mass is 221 g/mol. The number of non-ortho nitro benzene ring substituents is 1. The van der Waals surface area contributed by atoms with Crippen molar-refractivity contribution < 1.29 is 10.0 Å². The van der Waals surface area contributed by atoms with E-state index in [1.807, 2.05) is 0 Å². The number of hydrogen-bond donors (Lipinski definition) is 3. The van der Waals surface area contributed by atoms with Gasteiger partial charge in [0.25, 0.3) is 5.69 Å². The molecule has 1 aromatic rings. The maximum atomic E-state index is 10.6. The van der Waals surface area contributed by atoms with Crippen molar-refractivity contribution in [3.05, 3.63) is 45.7 Å². The van der Waals surface area contributed by atoms with Crippen LogP contribution in [-0.2, 0) is 0 Å². The van der Waals surface area contributed by atoms with Crippen LogP contribution in [0.3, 0.4) is 0 Å². The maximum Gasteiger partial charge on any atom is 0.269 e. The molecule has 1 heterocycles. The number of aliphatic hydroxyl groups excluding tert-OH is 1. The fraction of sp³-hybridized carbons (Fsp3) is 0.200. The molecule has 0 spiro atoms. The molecule has 0 fully saturated rings. The molecule has 1 atom stereocenters. The molecule has 1 unspecified atom stereocenters. The molecule has 6 nitrogen and oxygen atoms in total. The van der Waals surface area contributed by atoms with Crippen LogP contribution in [0.5, 0.6) is 0 Å². The minimum Gasteiger partial charge on any atom is -0.516 e. The van der Waals surface area contributed by atoms with Crippen molar-refractivity contribution in [3.8, 4) is 0 Å². The lowest BCUT2D eigenvalue weighted by Gasteiger charge is -2.09. The first-order valence-electron chi connectivity index (χ1n) is 4.74. The predicted octanol–water partition coefficient (Wildman–Crippen LogP) is 2.03. The van der Waals surface area contributed by atoms with Gasteiger partial charge in [-0.05, 0) is 18.6 Å². The van der Waals surface area contributed by atoms with E-state index >= 15 is 0 Å². The predicted molar refractivity (Wildman–Crippen MR) is 59.0 cm³/mol. The molecule has 0 saturated heterocycles. The third-order valence-electron chi connectivity index (χ3n) is 2.57. The molecule has 0 saturated carbocycles. The summed E-state index contributed by atoms with van der Waals surface area (Å²) in [6.07, 6.45) is 0.993. The van der Waals surface area contributed by atoms with E-state index in [1.165, 1.54) is 12.1 Å². The van der Waals surface area contributed by atoms with Gasteiger partial charge in [-0.25, -0.2) is 5.43 Å². The molecular weight excluding hydrogens is 210 g/mol. The lowest BCUT2D eigenvalue weighted by molar-refractivity contribution is -0.384. The molecule has 16 heavy (non-hydrogen) atoms. The number of nitrogens with one attached hydrogen (secondary N) is 2. The smallest absolute Gasteiger partial charge is 0.269 e. The molecule has 0 aromatic heterocycles. The van der Waals surface area contributed by atoms with Gasteiger partial charge in [0.2, 0.25) is 0 Å². The number of nitro groups is 1. The second-order valence-electron chi connectivity index (χ2n) is 3.60. The van der Waals surface area contributed by atoms with Crippen molar-refractivity contribution >= 4 is 11.4 Å². The number of nitrogens with zero attached hydrogens (tertiary/aromatic N) is 1. The number of anilines is 1. The molecule has 0 amide bonds. The summed E-state index contributed by atoms with van der Waals surface area (Å²) in [4.78, 5) is 10.2. The number of fused-ring (bicyclic) bond motifs is 1. The molecular formula is C10H11N3O3. The highest BCUT2D eigenvalue weighted by atomic mass is 16.6. The van der Waals surface area contributed by atoms with Gasteiger partial charge in [0.05, 0.1) is 22.9 Å². The summed E-state index contributed by atoms with van der Waals surface area (Å²) < 4.78 is 0. The van der Waals surface area contributed by atoms with Gasteiger partial charge in [-0.3, -0.25) is 10.1 Å². The number of hydrogen-bond acceptors (Lipinski definition) is 5. The van der Waals surface area contributed by atoms with Crippen molar-refractivity contribution in [1.29, 1.82) is 0 Å². The number of aliphatic hydroxyl groups is 1. The Bertz CT molecular complexity index is 470. The van der Waals surface area contributed by atoms with Crippen LogP contribution in [0.2, 0.25) is 0 Å².